The number of halogens is 2. The second-order valence-electron chi connectivity index (χ2n) is 3.39. The van der Waals surface area contributed by atoms with Crippen molar-refractivity contribution in [2.45, 2.75) is 6.61 Å². The molecule has 0 saturated heterocycles. The number of rotatable bonds is 3. The molecule has 0 atom stereocenters. The molecule has 2 rings (SSSR count). The van der Waals surface area contributed by atoms with E-state index in [4.69, 9.17) is 16.3 Å². The average Bonchev–Trinajstić information content (AvgIpc) is 2.37. The van der Waals surface area contributed by atoms with Crippen molar-refractivity contribution < 1.29 is 13.9 Å². The summed E-state index contributed by atoms with van der Waals surface area (Å²) < 4.78 is 18.2. The average molecular weight is 267 g/mol. The third-order valence-electron chi connectivity index (χ3n) is 2.13. The maximum atomic E-state index is 13.3. The maximum Gasteiger partial charge on any atom is 0.358 e. The second-order valence-corrected chi connectivity index (χ2v) is 3.78. The molecule has 0 saturated carbocycles. The minimum atomic E-state index is -0.701. The lowest BCUT2D eigenvalue weighted by atomic mass is 10.2. The van der Waals surface area contributed by atoms with Crippen LogP contribution in [0.25, 0.3) is 0 Å². The van der Waals surface area contributed by atoms with Gasteiger partial charge in [-0.1, -0.05) is 29.8 Å². The van der Waals surface area contributed by atoms with E-state index < -0.39 is 11.8 Å². The zero-order valence-corrected chi connectivity index (χ0v) is 9.89. The van der Waals surface area contributed by atoms with Crippen LogP contribution in [0, 0.1) is 5.82 Å². The van der Waals surface area contributed by atoms with Crippen molar-refractivity contribution in [2.24, 2.45) is 0 Å². The fourth-order valence-electron chi connectivity index (χ4n) is 1.27. The maximum absolute atomic E-state index is 13.3. The Morgan fingerprint density at radius 2 is 2.11 bits per heavy atom. The molecule has 1 aromatic carbocycles. The van der Waals surface area contributed by atoms with Crippen LogP contribution in [0.1, 0.15) is 16.1 Å². The fraction of sp³-hybridized carbons (Fsp3) is 0.0833. The molecule has 0 aliphatic heterocycles. The second kappa shape index (κ2) is 5.55. The van der Waals surface area contributed by atoms with E-state index in [9.17, 15) is 9.18 Å². The van der Waals surface area contributed by atoms with E-state index in [-0.39, 0.29) is 17.5 Å². The lowest BCUT2D eigenvalue weighted by Gasteiger charge is -2.05. The summed E-state index contributed by atoms with van der Waals surface area (Å²) in [5, 5.41) is 0.0929. The Morgan fingerprint density at radius 1 is 1.33 bits per heavy atom. The first kappa shape index (κ1) is 12.4. The third-order valence-corrected chi connectivity index (χ3v) is 2.31. The van der Waals surface area contributed by atoms with Crippen LogP contribution in [0.3, 0.4) is 0 Å². The van der Waals surface area contributed by atoms with Crippen LogP contribution in [0.5, 0.6) is 0 Å². The first-order chi connectivity index (χ1) is 8.66. The van der Waals surface area contributed by atoms with Gasteiger partial charge in [-0.3, -0.25) is 4.98 Å². The van der Waals surface area contributed by atoms with Crippen LogP contribution in [0.4, 0.5) is 4.39 Å². The van der Waals surface area contributed by atoms with E-state index in [1.54, 1.807) is 12.1 Å². The van der Waals surface area contributed by atoms with Gasteiger partial charge in [0.2, 0.25) is 0 Å². The van der Waals surface area contributed by atoms with Crippen LogP contribution >= 0.6 is 11.6 Å². The summed E-state index contributed by atoms with van der Waals surface area (Å²) in [5.41, 5.74) is 0.277. The van der Waals surface area contributed by atoms with Gasteiger partial charge in [-0.25, -0.2) is 14.2 Å². The zero-order valence-electron chi connectivity index (χ0n) is 9.14. The molecule has 0 amide bonds. The summed E-state index contributed by atoms with van der Waals surface area (Å²) >= 11 is 5.59. The van der Waals surface area contributed by atoms with Crippen LogP contribution in [0.15, 0.2) is 36.7 Å². The molecule has 0 unspecified atom stereocenters. The van der Waals surface area contributed by atoms with Gasteiger partial charge in [0.05, 0.1) is 12.4 Å². The summed E-state index contributed by atoms with van der Waals surface area (Å²) in [6, 6.07) is 6.04. The number of benzene rings is 1. The number of carbonyl (C=O) groups excluding carboxylic acids is 1. The van der Waals surface area contributed by atoms with E-state index in [2.05, 4.69) is 9.97 Å². The Labute approximate surface area is 107 Å². The standard InChI is InChI=1S/C12H8ClFN2O2/c13-11-6-15-5-10(16-11)12(17)18-7-8-3-1-2-4-9(8)14/h1-6H,7H2. The van der Waals surface area contributed by atoms with Gasteiger partial charge in [0.25, 0.3) is 0 Å². The molecule has 4 nitrogen and oxygen atoms in total. The Morgan fingerprint density at radius 3 is 2.83 bits per heavy atom. The molecule has 0 radical (unpaired) electrons. The molecule has 0 N–H and O–H groups in total. The lowest BCUT2D eigenvalue weighted by Crippen LogP contribution is -2.08. The van der Waals surface area contributed by atoms with Gasteiger partial charge in [0, 0.05) is 5.56 Å². The monoisotopic (exact) mass is 266 g/mol. The Bertz CT molecular complexity index is 578. The minimum Gasteiger partial charge on any atom is -0.456 e. The topological polar surface area (TPSA) is 52.1 Å². The molecular weight excluding hydrogens is 259 g/mol. The molecule has 92 valence electrons. The predicted molar refractivity (Wildman–Crippen MR) is 62.6 cm³/mol. The molecule has 0 aliphatic carbocycles. The van der Waals surface area contributed by atoms with Crippen LogP contribution in [0.2, 0.25) is 5.15 Å². The van der Waals surface area contributed by atoms with Gasteiger partial charge in [-0.15, -0.1) is 0 Å². The van der Waals surface area contributed by atoms with E-state index in [1.807, 2.05) is 0 Å². The number of nitrogens with zero attached hydrogens (tertiary/aromatic N) is 2. The van der Waals surface area contributed by atoms with E-state index in [0.29, 0.717) is 5.56 Å². The first-order valence-electron chi connectivity index (χ1n) is 5.05. The summed E-state index contributed by atoms with van der Waals surface area (Å²) in [7, 11) is 0. The Hall–Kier alpha value is -2.01. The van der Waals surface area contributed by atoms with Crippen LogP contribution in [-0.2, 0) is 11.3 Å². The molecule has 2 aromatic rings. The van der Waals surface area contributed by atoms with Crippen molar-refractivity contribution in [3.8, 4) is 0 Å². The molecule has 0 aliphatic rings. The number of hydrogen-bond acceptors (Lipinski definition) is 4. The summed E-state index contributed by atoms with van der Waals surface area (Å²) in [5.74, 6) is -1.13. The van der Waals surface area contributed by atoms with Crippen molar-refractivity contribution in [3.05, 3.63) is 58.9 Å². The van der Waals surface area contributed by atoms with E-state index in [1.165, 1.54) is 24.5 Å². The van der Waals surface area contributed by atoms with Crippen molar-refractivity contribution in [1.82, 2.24) is 9.97 Å². The summed E-state index contributed by atoms with van der Waals surface area (Å²) in [6.07, 6.45) is 2.53. The highest BCUT2D eigenvalue weighted by molar-refractivity contribution is 6.29. The molecule has 0 bridgehead atoms. The normalized spacial score (nSPS) is 10.1. The van der Waals surface area contributed by atoms with Gasteiger partial charge >= 0.3 is 5.97 Å². The molecular formula is C12H8ClFN2O2. The quantitative estimate of drug-likeness (QED) is 0.802. The smallest absolute Gasteiger partial charge is 0.358 e. The highest BCUT2D eigenvalue weighted by Gasteiger charge is 2.11. The van der Waals surface area contributed by atoms with Crippen molar-refractivity contribution in [2.75, 3.05) is 0 Å². The Kier molecular flexibility index (Phi) is 3.84. The van der Waals surface area contributed by atoms with Gasteiger partial charge < -0.3 is 4.74 Å². The fourth-order valence-corrected chi connectivity index (χ4v) is 1.42. The first-order valence-corrected chi connectivity index (χ1v) is 5.42. The van der Waals surface area contributed by atoms with E-state index in [0.717, 1.165) is 0 Å². The summed E-state index contributed by atoms with van der Waals surface area (Å²) in [4.78, 5) is 19.0. The highest BCUT2D eigenvalue weighted by Crippen LogP contribution is 2.09. The molecule has 0 spiro atoms. The van der Waals surface area contributed by atoms with Crippen molar-refractivity contribution in [1.29, 1.82) is 0 Å². The number of ether oxygens (including phenoxy) is 1. The molecule has 18 heavy (non-hydrogen) atoms. The minimum absolute atomic E-state index is 0.0150. The SMILES string of the molecule is O=C(OCc1ccccc1F)c1cncc(Cl)n1. The van der Waals surface area contributed by atoms with Gasteiger partial charge in [0.1, 0.15) is 17.6 Å². The van der Waals surface area contributed by atoms with Gasteiger partial charge in [0.15, 0.2) is 5.69 Å². The Balaban J connectivity index is 2.03. The number of hydrogen-bond donors (Lipinski definition) is 0. The molecule has 0 fully saturated rings. The van der Waals surface area contributed by atoms with Gasteiger partial charge in [-0.05, 0) is 6.07 Å². The summed E-state index contributed by atoms with van der Waals surface area (Å²) in [6.45, 7) is -0.167. The van der Waals surface area contributed by atoms with E-state index >= 15 is 0 Å². The predicted octanol–water partition coefficient (Wildman–Crippen LogP) is 2.63. The number of carbonyl (C=O) groups is 1. The van der Waals surface area contributed by atoms with Crippen LogP contribution < -0.4 is 0 Å². The van der Waals surface area contributed by atoms with Crippen LogP contribution in [-0.4, -0.2) is 15.9 Å². The van der Waals surface area contributed by atoms with Crippen molar-refractivity contribution >= 4 is 17.6 Å². The number of esters is 1. The van der Waals surface area contributed by atoms with Gasteiger partial charge in [-0.2, -0.15) is 0 Å². The van der Waals surface area contributed by atoms with Crippen molar-refractivity contribution in [3.63, 3.8) is 0 Å². The largest absolute Gasteiger partial charge is 0.456 e. The molecule has 1 heterocycles. The lowest BCUT2D eigenvalue weighted by molar-refractivity contribution is 0.0461. The number of aromatic nitrogens is 2. The zero-order chi connectivity index (χ0) is 13.0. The molecule has 1 aromatic heterocycles. The molecule has 6 heteroatoms. The highest BCUT2D eigenvalue weighted by atomic mass is 35.5. The third kappa shape index (κ3) is 3.01.